The number of thiophene rings is 1. The largest absolute Gasteiger partial charge is 0.387 e. The lowest BCUT2D eigenvalue weighted by atomic mass is 9.73. The minimum absolute atomic E-state index is 0.157. The molecule has 1 N–H and O–H groups in total. The van der Waals surface area contributed by atoms with E-state index in [9.17, 15) is 5.11 Å². The molecule has 1 aromatic heterocycles. The molecule has 1 saturated carbocycles. The van der Waals surface area contributed by atoms with E-state index in [0.29, 0.717) is 5.92 Å². The zero-order valence-corrected chi connectivity index (χ0v) is 12.7. The summed E-state index contributed by atoms with van der Waals surface area (Å²) in [5, 5.41) is 10.8. The fourth-order valence-electron chi connectivity index (χ4n) is 3.51. The van der Waals surface area contributed by atoms with Gasteiger partial charge < -0.3 is 5.11 Å². The SMILES string of the molecule is CCc1ccc(C(O)C2(CC(C)C)CCCC2)s1. The van der Waals surface area contributed by atoms with Crippen LogP contribution in [-0.2, 0) is 6.42 Å². The zero-order valence-electron chi connectivity index (χ0n) is 11.9. The Labute approximate surface area is 115 Å². The minimum Gasteiger partial charge on any atom is -0.387 e. The van der Waals surface area contributed by atoms with Crippen molar-refractivity contribution in [1.82, 2.24) is 0 Å². The van der Waals surface area contributed by atoms with E-state index in [1.807, 2.05) is 0 Å². The molecule has 1 heterocycles. The average molecular weight is 266 g/mol. The quantitative estimate of drug-likeness (QED) is 0.799. The molecule has 1 atom stereocenters. The van der Waals surface area contributed by atoms with Gasteiger partial charge in [0.05, 0.1) is 6.10 Å². The average Bonchev–Trinajstić information content (AvgIpc) is 2.96. The van der Waals surface area contributed by atoms with Crippen molar-refractivity contribution >= 4 is 11.3 Å². The second-order valence-corrected chi connectivity index (χ2v) is 7.43. The van der Waals surface area contributed by atoms with Crippen molar-refractivity contribution in [3.8, 4) is 0 Å². The Kier molecular flexibility index (Phi) is 4.50. The minimum atomic E-state index is -0.243. The summed E-state index contributed by atoms with van der Waals surface area (Å²) in [5.41, 5.74) is 0.157. The fraction of sp³-hybridized carbons (Fsp3) is 0.750. The van der Waals surface area contributed by atoms with E-state index in [4.69, 9.17) is 0 Å². The van der Waals surface area contributed by atoms with Crippen LogP contribution in [-0.4, -0.2) is 5.11 Å². The molecule has 102 valence electrons. The van der Waals surface area contributed by atoms with E-state index >= 15 is 0 Å². The second-order valence-electron chi connectivity index (χ2n) is 6.23. The monoisotopic (exact) mass is 266 g/mol. The van der Waals surface area contributed by atoms with E-state index in [1.54, 1.807) is 11.3 Å². The fourth-order valence-corrected chi connectivity index (χ4v) is 4.60. The molecule has 1 aliphatic rings. The molecular weight excluding hydrogens is 240 g/mol. The molecule has 2 rings (SSSR count). The van der Waals surface area contributed by atoms with Crippen molar-refractivity contribution < 1.29 is 5.11 Å². The number of hydrogen-bond donors (Lipinski definition) is 1. The van der Waals surface area contributed by atoms with Gasteiger partial charge in [-0.15, -0.1) is 11.3 Å². The summed E-state index contributed by atoms with van der Waals surface area (Å²) < 4.78 is 0. The van der Waals surface area contributed by atoms with E-state index < -0.39 is 0 Å². The van der Waals surface area contributed by atoms with Gasteiger partial charge in [0.25, 0.3) is 0 Å². The first-order valence-corrected chi connectivity index (χ1v) is 8.16. The van der Waals surface area contributed by atoms with Crippen LogP contribution in [0.1, 0.15) is 68.7 Å². The maximum absolute atomic E-state index is 10.8. The van der Waals surface area contributed by atoms with Crippen LogP contribution in [0.4, 0.5) is 0 Å². The Balaban J connectivity index is 2.19. The Hall–Kier alpha value is -0.340. The maximum atomic E-state index is 10.8. The molecule has 2 heteroatoms. The summed E-state index contributed by atoms with van der Waals surface area (Å²) in [4.78, 5) is 2.58. The first kappa shape index (κ1) is 14.1. The van der Waals surface area contributed by atoms with Crippen molar-refractivity contribution in [1.29, 1.82) is 0 Å². The van der Waals surface area contributed by atoms with Gasteiger partial charge in [-0.1, -0.05) is 33.6 Å². The van der Waals surface area contributed by atoms with Gasteiger partial charge in [0.15, 0.2) is 0 Å². The van der Waals surface area contributed by atoms with Crippen molar-refractivity contribution in [2.24, 2.45) is 11.3 Å². The molecular formula is C16H26OS. The lowest BCUT2D eigenvalue weighted by Crippen LogP contribution is -2.27. The third-order valence-corrected chi connectivity index (χ3v) is 5.58. The van der Waals surface area contributed by atoms with Gasteiger partial charge >= 0.3 is 0 Å². The standard InChI is InChI=1S/C16H26OS/c1-4-13-7-8-14(18-13)15(17)16(11-12(2)3)9-5-6-10-16/h7-8,12,15,17H,4-6,9-11H2,1-3H3. The van der Waals surface area contributed by atoms with Gasteiger partial charge in [0.1, 0.15) is 0 Å². The van der Waals surface area contributed by atoms with Gasteiger partial charge in [-0.25, -0.2) is 0 Å². The molecule has 1 nitrogen and oxygen atoms in total. The third kappa shape index (κ3) is 2.80. The predicted molar refractivity (Wildman–Crippen MR) is 79.0 cm³/mol. The Morgan fingerprint density at radius 3 is 2.44 bits per heavy atom. The molecule has 1 fully saturated rings. The summed E-state index contributed by atoms with van der Waals surface area (Å²) in [6, 6.07) is 4.33. The second kappa shape index (κ2) is 5.75. The lowest BCUT2D eigenvalue weighted by molar-refractivity contribution is 0.0138. The summed E-state index contributed by atoms with van der Waals surface area (Å²) in [5.74, 6) is 0.670. The van der Waals surface area contributed by atoms with Crippen LogP contribution in [0.25, 0.3) is 0 Å². The molecule has 0 aromatic carbocycles. The molecule has 0 radical (unpaired) electrons. The molecule has 1 aromatic rings. The Bertz CT molecular complexity index is 374. The number of rotatable bonds is 5. The van der Waals surface area contributed by atoms with Gasteiger partial charge in [0.2, 0.25) is 0 Å². The first-order chi connectivity index (χ1) is 8.57. The molecule has 1 unspecified atom stereocenters. The van der Waals surface area contributed by atoms with Crippen LogP contribution >= 0.6 is 11.3 Å². The van der Waals surface area contributed by atoms with Crippen molar-refractivity contribution in [3.63, 3.8) is 0 Å². The molecule has 0 amide bonds. The van der Waals surface area contributed by atoms with Crippen LogP contribution in [0.2, 0.25) is 0 Å². The molecule has 1 aliphatic carbocycles. The molecule has 0 spiro atoms. The highest BCUT2D eigenvalue weighted by Gasteiger charge is 2.42. The molecule has 0 aliphatic heterocycles. The topological polar surface area (TPSA) is 20.2 Å². The van der Waals surface area contributed by atoms with Gasteiger partial charge in [0, 0.05) is 15.2 Å². The van der Waals surface area contributed by atoms with E-state index in [0.717, 1.165) is 12.8 Å². The highest BCUT2D eigenvalue weighted by Crippen LogP contribution is 2.52. The summed E-state index contributed by atoms with van der Waals surface area (Å²) in [7, 11) is 0. The summed E-state index contributed by atoms with van der Waals surface area (Å²) in [6.07, 6.45) is 6.97. The third-order valence-electron chi connectivity index (χ3n) is 4.29. The predicted octanol–water partition coefficient (Wildman–Crippen LogP) is 4.95. The van der Waals surface area contributed by atoms with Gasteiger partial charge in [-0.2, -0.15) is 0 Å². The highest BCUT2D eigenvalue weighted by molar-refractivity contribution is 7.12. The normalized spacial score (nSPS) is 20.5. The van der Waals surface area contributed by atoms with Gasteiger partial charge in [-0.3, -0.25) is 0 Å². The van der Waals surface area contributed by atoms with Gasteiger partial charge in [-0.05, 0) is 43.7 Å². The first-order valence-electron chi connectivity index (χ1n) is 7.34. The van der Waals surface area contributed by atoms with E-state index in [-0.39, 0.29) is 11.5 Å². The Morgan fingerprint density at radius 1 is 1.28 bits per heavy atom. The van der Waals surface area contributed by atoms with Crippen LogP contribution in [0.15, 0.2) is 12.1 Å². The number of aliphatic hydroxyl groups excluding tert-OH is 1. The number of aryl methyl sites for hydroxylation is 1. The molecule has 18 heavy (non-hydrogen) atoms. The zero-order chi connectivity index (χ0) is 13.2. The number of aliphatic hydroxyl groups is 1. The van der Waals surface area contributed by atoms with Crippen LogP contribution in [0.5, 0.6) is 0 Å². The van der Waals surface area contributed by atoms with E-state index in [1.165, 1.54) is 35.4 Å². The smallest absolute Gasteiger partial charge is 0.0938 e. The van der Waals surface area contributed by atoms with Crippen LogP contribution in [0, 0.1) is 11.3 Å². The van der Waals surface area contributed by atoms with Crippen LogP contribution < -0.4 is 0 Å². The van der Waals surface area contributed by atoms with E-state index in [2.05, 4.69) is 32.9 Å². The Morgan fingerprint density at radius 2 is 1.94 bits per heavy atom. The van der Waals surface area contributed by atoms with Crippen molar-refractivity contribution in [3.05, 3.63) is 21.9 Å². The number of hydrogen-bond acceptors (Lipinski definition) is 2. The highest BCUT2D eigenvalue weighted by atomic mass is 32.1. The van der Waals surface area contributed by atoms with Crippen LogP contribution in [0.3, 0.4) is 0 Å². The van der Waals surface area contributed by atoms with Crippen molar-refractivity contribution in [2.75, 3.05) is 0 Å². The van der Waals surface area contributed by atoms with Crippen molar-refractivity contribution in [2.45, 2.75) is 65.4 Å². The lowest BCUT2D eigenvalue weighted by Gasteiger charge is -2.35. The maximum Gasteiger partial charge on any atom is 0.0938 e. The summed E-state index contributed by atoms with van der Waals surface area (Å²) in [6.45, 7) is 6.73. The summed E-state index contributed by atoms with van der Waals surface area (Å²) >= 11 is 1.80. The molecule has 0 saturated heterocycles. The molecule has 0 bridgehead atoms.